The van der Waals surface area contributed by atoms with Crippen molar-refractivity contribution in [3.05, 3.63) is 90.3 Å². The van der Waals surface area contributed by atoms with E-state index >= 15 is 0 Å². The lowest BCUT2D eigenvalue weighted by Gasteiger charge is -2.06. The van der Waals surface area contributed by atoms with E-state index in [9.17, 15) is 4.79 Å². The molecule has 140 valence electrons. The lowest BCUT2D eigenvalue weighted by molar-refractivity contribution is -0.688. The zero-order valence-corrected chi connectivity index (χ0v) is 17.2. The van der Waals surface area contributed by atoms with Crippen LogP contribution in [-0.2, 0) is 17.8 Å². The summed E-state index contributed by atoms with van der Waals surface area (Å²) in [5.41, 5.74) is 4.95. The summed E-state index contributed by atoms with van der Waals surface area (Å²) in [6.45, 7) is 3.44. The highest BCUT2D eigenvalue weighted by Crippen LogP contribution is 2.18. The molecule has 3 nitrogen and oxygen atoms in total. The van der Waals surface area contributed by atoms with Crippen molar-refractivity contribution in [1.82, 2.24) is 5.32 Å². The molecule has 0 aliphatic carbocycles. The first kappa shape index (κ1) is 20.8. The van der Waals surface area contributed by atoms with Gasteiger partial charge in [0.2, 0.25) is 5.91 Å². The van der Waals surface area contributed by atoms with Gasteiger partial charge in [-0.2, -0.15) is 0 Å². The van der Waals surface area contributed by atoms with Crippen LogP contribution < -0.4 is 26.9 Å². The molecule has 27 heavy (non-hydrogen) atoms. The molecule has 2 aromatic carbocycles. The average molecular weight is 425 g/mol. The van der Waals surface area contributed by atoms with Crippen molar-refractivity contribution in [3.8, 4) is 11.1 Å². The minimum absolute atomic E-state index is 0. The van der Waals surface area contributed by atoms with Gasteiger partial charge >= 0.3 is 0 Å². The van der Waals surface area contributed by atoms with Gasteiger partial charge < -0.3 is 22.3 Å². The number of rotatable bonds is 7. The highest BCUT2D eigenvalue weighted by Gasteiger charge is 2.05. The molecule has 0 saturated heterocycles. The lowest BCUT2D eigenvalue weighted by Crippen LogP contribution is -3.00. The number of benzene rings is 2. The van der Waals surface area contributed by atoms with Crippen LogP contribution in [0.3, 0.4) is 0 Å². The van der Waals surface area contributed by atoms with Crippen molar-refractivity contribution in [1.29, 1.82) is 0 Å². The van der Waals surface area contributed by atoms with E-state index in [1.807, 2.05) is 13.0 Å². The molecule has 0 fully saturated rings. The van der Waals surface area contributed by atoms with Gasteiger partial charge in [-0.05, 0) is 23.1 Å². The Morgan fingerprint density at radius 1 is 0.852 bits per heavy atom. The van der Waals surface area contributed by atoms with E-state index in [1.165, 1.54) is 22.3 Å². The fraction of sp³-hybridized carbons (Fsp3) is 0.217. The van der Waals surface area contributed by atoms with Gasteiger partial charge in [0.15, 0.2) is 18.9 Å². The number of nitrogens with one attached hydrogen (secondary N) is 1. The number of hydrogen-bond donors (Lipinski definition) is 1. The molecule has 1 aromatic heterocycles. The second kappa shape index (κ2) is 10.6. The lowest BCUT2D eigenvalue weighted by atomic mass is 10.0. The maximum atomic E-state index is 11.3. The monoisotopic (exact) mass is 424 g/mol. The predicted molar refractivity (Wildman–Crippen MR) is 105 cm³/mol. The van der Waals surface area contributed by atoms with Gasteiger partial charge in [0.05, 0.1) is 0 Å². The Labute approximate surface area is 171 Å². The number of amides is 1. The summed E-state index contributed by atoms with van der Waals surface area (Å²) < 4.78 is 2.18. The Hall–Kier alpha value is -2.46. The molecule has 0 radical (unpaired) electrons. The highest BCUT2D eigenvalue weighted by atomic mass is 79.9. The normalized spacial score (nSPS) is 10.1. The molecule has 0 saturated carbocycles. The van der Waals surface area contributed by atoms with Gasteiger partial charge in [0.25, 0.3) is 0 Å². The standard InChI is InChI=1S/C23H24N2O.BrH/c1-2-23(26)24-15-12-19-8-10-21(11-9-19)22-13-16-25(17-14-22)18-20-6-4-3-5-7-20;/h3-11,13-14,16-17H,2,12,15,18H2,1H3;1H. The zero-order chi connectivity index (χ0) is 18.2. The van der Waals surface area contributed by atoms with Crippen LogP contribution in [0.2, 0.25) is 0 Å². The van der Waals surface area contributed by atoms with Crippen molar-refractivity contribution in [2.45, 2.75) is 26.3 Å². The Morgan fingerprint density at radius 3 is 2.11 bits per heavy atom. The SMILES string of the molecule is CCC(=O)NCCc1ccc(-c2cc[n+](Cc3ccccc3)cc2)cc1.[Br-]. The van der Waals surface area contributed by atoms with Crippen LogP contribution in [0, 0.1) is 0 Å². The van der Waals surface area contributed by atoms with E-state index in [0.717, 1.165) is 13.0 Å². The molecular weight excluding hydrogens is 400 g/mol. The van der Waals surface area contributed by atoms with Gasteiger partial charge in [-0.25, -0.2) is 4.57 Å². The Bertz CT molecular complexity index is 831. The van der Waals surface area contributed by atoms with Crippen molar-refractivity contribution < 1.29 is 26.3 Å². The number of carbonyl (C=O) groups is 1. The number of pyridine rings is 1. The smallest absolute Gasteiger partial charge is 0.219 e. The molecule has 0 atom stereocenters. The Morgan fingerprint density at radius 2 is 1.48 bits per heavy atom. The Kier molecular flexibility index (Phi) is 8.21. The summed E-state index contributed by atoms with van der Waals surface area (Å²) in [5, 5.41) is 2.91. The molecule has 1 heterocycles. The number of hydrogen-bond acceptors (Lipinski definition) is 1. The Balaban J connectivity index is 0.00000261. The minimum Gasteiger partial charge on any atom is -1.00 e. The second-order valence-corrected chi connectivity index (χ2v) is 6.40. The second-order valence-electron chi connectivity index (χ2n) is 6.40. The number of nitrogens with zero attached hydrogens (tertiary/aromatic N) is 1. The summed E-state index contributed by atoms with van der Waals surface area (Å²) in [7, 11) is 0. The summed E-state index contributed by atoms with van der Waals surface area (Å²) in [6, 6.07) is 23.3. The van der Waals surface area contributed by atoms with Crippen LogP contribution in [0.4, 0.5) is 0 Å². The number of halogens is 1. The summed E-state index contributed by atoms with van der Waals surface area (Å²) in [6.07, 6.45) is 5.64. The van der Waals surface area contributed by atoms with Crippen LogP contribution in [0.1, 0.15) is 24.5 Å². The molecule has 0 aliphatic heterocycles. The van der Waals surface area contributed by atoms with Crippen molar-refractivity contribution in [3.63, 3.8) is 0 Å². The molecule has 0 bridgehead atoms. The summed E-state index contributed by atoms with van der Waals surface area (Å²) >= 11 is 0. The quantitative estimate of drug-likeness (QED) is 0.558. The molecular formula is C23H25BrN2O. The van der Waals surface area contributed by atoms with Gasteiger partial charge in [0.1, 0.15) is 0 Å². The van der Waals surface area contributed by atoms with Crippen LogP contribution in [0.25, 0.3) is 11.1 Å². The largest absolute Gasteiger partial charge is 1.00 e. The van der Waals surface area contributed by atoms with Gasteiger partial charge in [-0.15, -0.1) is 0 Å². The van der Waals surface area contributed by atoms with Crippen LogP contribution in [0.5, 0.6) is 0 Å². The van der Waals surface area contributed by atoms with E-state index in [2.05, 4.69) is 82.9 Å². The third-order valence-electron chi connectivity index (χ3n) is 4.44. The minimum atomic E-state index is 0. The van der Waals surface area contributed by atoms with Gasteiger partial charge in [-0.3, -0.25) is 4.79 Å². The van der Waals surface area contributed by atoms with Crippen LogP contribution in [0.15, 0.2) is 79.1 Å². The molecule has 0 spiro atoms. The summed E-state index contributed by atoms with van der Waals surface area (Å²) in [5.74, 6) is 0.106. The van der Waals surface area contributed by atoms with E-state index in [-0.39, 0.29) is 22.9 Å². The number of carbonyl (C=O) groups excluding carboxylic acids is 1. The first-order chi connectivity index (χ1) is 12.7. The summed E-state index contributed by atoms with van der Waals surface area (Å²) in [4.78, 5) is 11.3. The van der Waals surface area contributed by atoms with Crippen LogP contribution >= 0.6 is 0 Å². The van der Waals surface area contributed by atoms with Gasteiger partial charge in [-0.1, -0.05) is 61.5 Å². The zero-order valence-electron chi connectivity index (χ0n) is 15.6. The molecule has 0 unspecified atom stereocenters. The fourth-order valence-corrected chi connectivity index (χ4v) is 2.88. The molecule has 1 amide bonds. The van der Waals surface area contributed by atoms with Crippen LogP contribution in [-0.4, -0.2) is 12.5 Å². The van der Waals surface area contributed by atoms with E-state index in [4.69, 9.17) is 0 Å². The van der Waals surface area contributed by atoms with Gasteiger partial charge in [0, 0.05) is 30.7 Å². The van der Waals surface area contributed by atoms with E-state index in [0.29, 0.717) is 13.0 Å². The maximum Gasteiger partial charge on any atom is 0.219 e. The van der Waals surface area contributed by atoms with Crippen molar-refractivity contribution in [2.75, 3.05) is 6.54 Å². The molecule has 3 aromatic rings. The fourth-order valence-electron chi connectivity index (χ4n) is 2.88. The van der Waals surface area contributed by atoms with E-state index in [1.54, 1.807) is 0 Å². The van der Waals surface area contributed by atoms with Crippen molar-refractivity contribution in [2.24, 2.45) is 0 Å². The molecule has 0 aliphatic rings. The maximum absolute atomic E-state index is 11.3. The molecule has 1 N–H and O–H groups in total. The van der Waals surface area contributed by atoms with E-state index < -0.39 is 0 Å². The molecule has 4 heteroatoms. The first-order valence-corrected chi connectivity index (χ1v) is 9.13. The first-order valence-electron chi connectivity index (χ1n) is 9.13. The third kappa shape index (κ3) is 6.33. The van der Waals surface area contributed by atoms with Crippen molar-refractivity contribution >= 4 is 5.91 Å². The topological polar surface area (TPSA) is 33.0 Å². The number of aromatic nitrogens is 1. The predicted octanol–water partition coefficient (Wildman–Crippen LogP) is 0.762. The third-order valence-corrected chi connectivity index (χ3v) is 4.44. The molecule has 3 rings (SSSR count). The highest BCUT2D eigenvalue weighted by molar-refractivity contribution is 5.75. The average Bonchev–Trinajstić information content (AvgIpc) is 2.70.